The lowest BCUT2D eigenvalue weighted by Gasteiger charge is -2.17. The molecule has 6 heteroatoms. The molecule has 1 N–H and O–H groups in total. The van der Waals surface area contributed by atoms with Gasteiger partial charge in [-0.2, -0.15) is 0 Å². The van der Waals surface area contributed by atoms with Crippen LogP contribution in [0.15, 0.2) is 42.5 Å². The first-order valence-corrected chi connectivity index (χ1v) is 9.00. The quantitative estimate of drug-likeness (QED) is 0.565. The van der Waals surface area contributed by atoms with Crippen molar-refractivity contribution < 1.29 is 14.2 Å². The van der Waals surface area contributed by atoms with Gasteiger partial charge in [-0.25, -0.2) is 0 Å². The van der Waals surface area contributed by atoms with Gasteiger partial charge in [0, 0.05) is 17.3 Å². The van der Waals surface area contributed by atoms with E-state index in [1.807, 2.05) is 38.1 Å². The maximum atomic E-state index is 6.12. The number of ether oxygens (including phenoxy) is 3. The Balaban J connectivity index is 1.76. The van der Waals surface area contributed by atoms with Crippen LogP contribution in [0.4, 0.5) is 5.69 Å². The summed E-state index contributed by atoms with van der Waals surface area (Å²) in [5, 5.41) is 4.42. The van der Waals surface area contributed by atoms with Gasteiger partial charge in [0.1, 0.15) is 24.2 Å². The first kappa shape index (κ1) is 19.7. The molecule has 0 saturated carbocycles. The van der Waals surface area contributed by atoms with E-state index in [1.165, 1.54) is 0 Å². The Kier molecular flexibility index (Phi) is 8.19. The summed E-state index contributed by atoms with van der Waals surface area (Å²) in [6, 6.07) is 13.0. The molecule has 2 rings (SSSR count). The largest absolute Gasteiger partial charge is 0.491 e. The molecule has 2 aromatic rings. The summed E-state index contributed by atoms with van der Waals surface area (Å²) >= 11 is 12.0. The van der Waals surface area contributed by atoms with Crippen molar-refractivity contribution in [3.8, 4) is 11.5 Å². The van der Waals surface area contributed by atoms with Gasteiger partial charge in [-0.05, 0) is 56.3 Å². The predicted octanol–water partition coefficient (Wildman–Crippen LogP) is 5.29. The lowest BCUT2D eigenvalue weighted by Crippen LogP contribution is -2.22. The van der Waals surface area contributed by atoms with Crippen LogP contribution in [0.3, 0.4) is 0 Å². The molecule has 0 aliphatic rings. The van der Waals surface area contributed by atoms with Crippen LogP contribution in [-0.4, -0.2) is 32.5 Å². The van der Waals surface area contributed by atoms with E-state index in [0.717, 1.165) is 11.4 Å². The van der Waals surface area contributed by atoms with Crippen LogP contribution < -0.4 is 14.8 Å². The lowest BCUT2D eigenvalue weighted by atomic mass is 10.3. The minimum Gasteiger partial charge on any atom is -0.491 e. The molecule has 0 radical (unpaired) electrons. The third-order valence-electron chi connectivity index (χ3n) is 3.37. The first-order valence-electron chi connectivity index (χ1n) is 8.24. The summed E-state index contributed by atoms with van der Waals surface area (Å²) < 4.78 is 16.7. The Morgan fingerprint density at radius 1 is 1.04 bits per heavy atom. The number of benzene rings is 2. The Hall–Kier alpha value is -1.62. The molecule has 0 aliphatic carbocycles. The van der Waals surface area contributed by atoms with Gasteiger partial charge in [-0.1, -0.05) is 23.2 Å². The van der Waals surface area contributed by atoms with Crippen molar-refractivity contribution in [3.05, 3.63) is 52.5 Å². The average Bonchev–Trinajstić information content (AvgIpc) is 2.60. The second-order valence-corrected chi connectivity index (χ2v) is 6.30. The fourth-order valence-electron chi connectivity index (χ4n) is 2.12. The monoisotopic (exact) mass is 383 g/mol. The van der Waals surface area contributed by atoms with E-state index < -0.39 is 0 Å². The second kappa shape index (κ2) is 10.4. The van der Waals surface area contributed by atoms with Crippen molar-refractivity contribution in [3.63, 3.8) is 0 Å². The van der Waals surface area contributed by atoms with Gasteiger partial charge in [-0.15, -0.1) is 0 Å². The lowest BCUT2D eigenvalue weighted by molar-refractivity contribution is 0.110. The molecule has 0 fully saturated rings. The van der Waals surface area contributed by atoms with Crippen LogP contribution in [0.25, 0.3) is 0 Å². The molecular weight excluding hydrogens is 361 g/mol. The fraction of sp³-hybridized carbons (Fsp3) is 0.368. The zero-order valence-corrected chi connectivity index (χ0v) is 15.9. The zero-order valence-electron chi connectivity index (χ0n) is 14.4. The van der Waals surface area contributed by atoms with E-state index in [2.05, 4.69) is 5.32 Å². The SMILES string of the molecule is CCOCCOc1ccc(NCC(C)Oc2ccc(Cl)cc2Cl)cc1. The molecule has 4 nitrogen and oxygen atoms in total. The Morgan fingerprint density at radius 2 is 1.80 bits per heavy atom. The summed E-state index contributed by atoms with van der Waals surface area (Å²) in [4.78, 5) is 0. The van der Waals surface area contributed by atoms with Gasteiger partial charge >= 0.3 is 0 Å². The van der Waals surface area contributed by atoms with Crippen LogP contribution in [0.1, 0.15) is 13.8 Å². The third kappa shape index (κ3) is 7.02. The molecule has 0 aromatic heterocycles. The van der Waals surface area contributed by atoms with Crippen molar-refractivity contribution in [2.75, 3.05) is 31.7 Å². The van der Waals surface area contributed by atoms with Crippen molar-refractivity contribution in [2.45, 2.75) is 20.0 Å². The molecule has 136 valence electrons. The third-order valence-corrected chi connectivity index (χ3v) is 3.90. The highest BCUT2D eigenvalue weighted by molar-refractivity contribution is 6.35. The van der Waals surface area contributed by atoms with E-state index >= 15 is 0 Å². The van der Waals surface area contributed by atoms with Gasteiger partial charge in [0.2, 0.25) is 0 Å². The molecule has 1 atom stereocenters. The average molecular weight is 384 g/mol. The number of anilines is 1. The molecule has 0 spiro atoms. The number of hydrogen-bond acceptors (Lipinski definition) is 4. The predicted molar refractivity (Wildman–Crippen MR) is 103 cm³/mol. The van der Waals surface area contributed by atoms with Crippen molar-refractivity contribution in [1.82, 2.24) is 0 Å². The number of hydrogen-bond donors (Lipinski definition) is 1. The number of nitrogens with one attached hydrogen (secondary N) is 1. The maximum absolute atomic E-state index is 6.12. The minimum absolute atomic E-state index is 0.0548. The van der Waals surface area contributed by atoms with Crippen molar-refractivity contribution in [1.29, 1.82) is 0 Å². The second-order valence-electron chi connectivity index (χ2n) is 5.45. The summed E-state index contributed by atoms with van der Waals surface area (Å²) in [6.45, 7) is 6.43. The van der Waals surface area contributed by atoms with Gasteiger partial charge in [0.15, 0.2) is 0 Å². The molecule has 0 saturated heterocycles. The first-order chi connectivity index (χ1) is 12.1. The maximum Gasteiger partial charge on any atom is 0.138 e. The zero-order chi connectivity index (χ0) is 18.1. The summed E-state index contributed by atoms with van der Waals surface area (Å²) in [5.41, 5.74) is 0.995. The molecule has 2 aromatic carbocycles. The van der Waals surface area contributed by atoms with E-state index in [-0.39, 0.29) is 6.10 Å². The highest BCUT2D eigenvalue weighted by atomic mass is 35.5. The topological polar surface area (TPSA) is 39.7 Å². The van der Waals surface area contributed by atoms with Gasteiger partial charge in [0.25, 0.3) is 0 Å². The van der Waals surface area contributed by atoms with Crippen LogP contribution in [-0.2, 0) is 4.74 Å². The molecule has 0 amide bonds. The molecule has 0 bridgehead atoms. The number of rotatable bonds is 10. The Bertz CT molecular complexity index is 650. The smallest absolute Gasteiger partial charge is 0.138 e. The Morgan fingerprint density at radius 3 is 2.48 bits per heavy atom. The molecule has 0 heterocycles. The van der Waals surface area contributed by atoms with Gasteiger partial charge < -0.3 is 19.5 Å². The highest BCUT2D eigenvalue weighted by Gasteiger charge is 2.08. The van der Waals surface area contributed by atoms with Crippen LogP contribution in [0.2, 0.25) is 10.0 Å². The molecule has 1 unspecified atom stereocenters. The van der Waals surface area contributed by atoms with Crippen molar-refractivity contribution >= 4 is 28.9 Å². The van der Waals surface area contributed by atoms with Gasteiger partial charge in [-0.3, -0.25) is 0 Å². The molecule has 0 aliphatic heterocycles. The fourth-order valence-corrected chi connectivity index (χ4v) is 2.58. The van der Waals surface area contributed by atoms with Crippen molar-refractivity contribution in [2.24, 2.45) is 0 Å². The van der Waals surface area contributed by atoms with E-state index in [9.17, 15) is 0 Å². The van der Waals surface area contributed by atoms with E-state index in [4.69, 9.17) is 37.4 Å². The molecule has 25 heavy (non-hydrogen) atoms. The van der Waals surface area contributed by atoms with Crippen LogP contribution in [0.5, 0.6) is 11.5 Å². The standard InChI is InChI=1S/C19H23Cl2NO3/c1-3-23-10-11-24-17-7-5-16(6-8-17)22-13-14(2)25-19-9-4-15(20)12-18(19)21/h4-9,12,14,22H,3,10-11,13H2,1-2H3. The van der Waals surface area contributed by atoms with E-state index in [0.29, 0.717) is 42.2 Å². The summed E-state index contributed by atoms with van der Waals surface area (Å²) in [5.74, 6) is 1.45. The Labute approximate surface area is 159 Å². The van der Waals surface area contributed by atoms with Gasteiger partial charge in [0.05, 0.1) is 18.2 Å². The van der Waals surface area contributed by atoms with Crippen LogP contribution >= 0.6 is 23.2 Å². The highest BCUT2D eigenvalue weighted by Crippen LogP contribution is 2.28. The summed E-state index contributed by atoms with van der Waals surface area (Å²) in [6.07, 6.45) is -0.0548. The normalized spacial score (nSPS) is 11.8. The van der Waals surface area contributed by atoms with Crippen LogP contribution in [0, 0.1) is 0 Å². The van der Waals surface area contributed by atoms with E-state index in [1.54, 1.807) is 18.2 Å². The summed E-state index contributed by atoms with van der Waals surface area (Å²) in [7, 11) is 0. The number of halogens is 2. The molecular formula is C19H23Cl2NO3. The minimum atomic E-state index is -0.0548.